The van der Waals surface area contributed by atoms with Crippen LogP contribution in [0.2, 0.25) is 0 Å². The van der Waals surface area contributed by atoms with Gasteiger partial charge in [-0.05, 0) is 34.4 Å². The summed E-state index contributed by atoms with van der Waals surface area (Å²) in [6, 6.07) is 15.0. The fourth-order valence-corrected chi connectivity index (χ4v) is 3.41. The highest BCUT2D eigenvalue weighted by Crippen LogP contribution is 2.48. The van der Waals surface area contributed by atoms with Gasteiger partial charge in [0, 0.05) is 17.9 Å². The van der Waals surface area contributed by atoms with Gasteiger partial charge in [-0.2, -0.15) is 0 Å². The molecular weight excluding hydrogens is 288 g/mol. The zero-order valence-electron chi connectivity index (χ0n) is 13.1. The van der Waals surface area contributed by atoms with Gasteiger partial charge in [-0.3, -0.25) is 4.79 Å². The third kappa shape index (κ3) is 2.58. The van der Waals surface area contributed by atoms with E-state index in [1.807, 2.05) is 0 Å². The van der Waals surface area contributed by atoms with Crippen LogP contribution in [0, 0.1) is 11.8 Å². The first kappa shape index (κ1) is 14.9. The number of benzene rings is 2. The first-order valence-corrected chi connectivity index (χ1v) is 8.35. The van der Waals surface area contributed by atoms with E-state index in [-0.39, 0.29) is 10.5 Å². The van der Waals surface area contributed by atoms with Gasteiger partial charge in [-0.25, -0.2) is 0 Å². The van der Waals surface area contributed by atoms with E-state index in [0.717, 1.165) is 5.56 Å². The molecule has 2 heteroatoms. The zero-order chi connectivity index (χ0) is 15.7. The molecule has 0 unspecified atom stereocenters. The maximum Gasteiger partial charge on any atom is 0.186 e. The van der Waals surface area contributed by atoms with Crippen molar-refractivity contribution in [3.05, 3.63) is 59.2 Å². The molecule has 22 heavy (non-hydrogen) atoms. The average Bonchev–Trinajstić information content (AvgIpc) is 2.73. The van der Waals surface area contributed by atoms with Crippen molar-refractivity contribution in [1.29, 1.82) is 0 Å². The second kappa shape index (κ2) is 5.66. The molecule has 0 radical (unpaired) electrons. The molecule has 110 valence electrons. The minimum absolute atomic E-state index is 0.0117. The standard InChI is InChI=1S/C20H18OS/c1-14(21)22-12-6-7-15-10-11-17-16-8-4-5-9-18(16)20(2,3)19(17)13-15/h4-5,8-11,13H,12H2,1-3H3. The lowest BCUT2D eigenvalue weighted by molar-refractivity contribution is -0.109. The predicted octanol–water partition coefficient (Wildman–Crippen LogP) is 4.62. The second-order valence-electron chi connectivity index (χ2n) is 6.01. The molecule has 1 nitrogen and oxygen atoms in total. The molecule has 0 bridgehead atoms. The Morgan fingerprint density at radius 3 is 2.59 bits per heavy atom. The number of carbonyl (C=O) groups excluding carboxylic acids is 1. The van der Waals surface area contributed by atoms with Crippen molar-refractivity contribution in [2.75, 3.05) is 5.75 Å². The minimum Gasteiger partial charge on any atom is -0.288 e. The van der Waals surface area contributed by atoms with E-state index in [2.05, 4.69) is 68.2 Å². The number of rotatable bonds is 1. The summed E-state index contributed by atoms with van der Waals surface area (Å²) >= 11 is 1.25. The molecule has 0 saturated heterocycles. The second-order valence-corrected chi connectivity index (χ2v) is 7.17. The molecule has 0 spiro atoms. The third-order valence-electron chi connectivity index (χ3n) is 4.16. The van der Waals surface area contributed by atoms with Crippen LogP contribution in [0.3, 0.4) is 0 Å². The van der Waals surface area contributed by atoms with Gasteiger partial charge < -0.3 is 0 Å². The summed E-state index contributed by atoms with van der Waals surface area (Å²) in [5.74, 6) is 6.79. The van der Waals surface area contributed by atoms with Crippen LogP contribution in [0.15, 0.2) is 42.5 Å². The Morgan fingerprint density at radius 1 is 1.09 bits per heavy atom. The van der Waals surface area contributed by atoms with Gasteiger partial charge in [0.15, 0.2) is 5.12 Å². The van der Waals surface area contributed by atoms with E-state index in [1.165, 1.54) is 34.0 Å². The van der Waals surface area contributed by atoms with Crippen molar-refractivity contribution in [1.82, 2.24) is 0 Å². The maximum atomic E-state index is 10.9. The van der Waals surface area contributed by atoms with E-state index < -0.39 is 0 Å². The van der Waals surface area contributed by atoms with E-state index in [0.29, 0.717) is 5.75 Å². The van der Waals surface area contributed by atoms with Crippen molar-refractivity contribution >= 4 is 16.9 Å². The molecule has 0 N–H and O–H groups in total. The lowest BCUT2D eigenvalue weighted by Crippen LogP contribution is -2.14. The number of fused-ring (bicyclic) bond motifs is 3. The lowest BCUT2D eigenvalue weighted by atomic mass is 9.82. The van der Waals surface area contributed by atoms with Crippen molar-refractivity contribution in [2.45, 2.75) is 26.2 Å². The predicted molar refractivity (Wildman–Crippen MR) is 94.0 cm³/mol. The number of hydrogen-bond acceptors (Lipinski definition) is 2. The Hall–Kier alpha value is -1.98. The van der Waals surface area contributed by atoms with Gasteiger partial charge >= 0.3 is 0 Å². The van der Waals surface area contributed by atoms with Gasteiger partial charge in [-0.15, -0.1) is 0 Å². The Morgan fingerprint density at radius 2 is 1.82 bits per heavy atom. The topological polar surface area (TPSA) is 17.1 Å². The molecule has 2 aromatic rings. The fourth-order valence-electron chi connectivity index (χ4n) is 3.06. The first-order chi connectivity index (χ1) is 10.5. The Bertz CT molecular complexity index is 806. The van der Waals surface area contributed by atoms with Crippen LogP contribution < -0.4 is 0 Å². The third-order valence-corrected chi connectivity index (χ3v) is 4.86. The first-order valence-electron chi connectivity index (χ1n) is 7.37. The van der Waals surface area contributed by atoms with Crippen LogP contribution in [-0.2, 0) is 10.2 Å². The summed E-state index contributed by atoms with van der Waals surface area (Å²) in [6.45, 7) is 6.10. The molecule has 0 atom stereocenters. The molecule has 2 aromatic carbocycles. The average molecular weight is 306 g/mol. The van der Waals surface area contributed by atoms with E-state index in [4.69, 9.17) is 0 Å². The van der Waals surface area contributed by atoms with Gasteiger partial charge in [0.2, 0.25) is 0 Å². The normalized spacial score (nSPS) is 13.8. The van der Waals surface area contributed by atoms with Gasteiger partial charge in [-0.1, -0.05) is 67.8 Å². The molecule has 1 aliphatic carbocycles. The molecule has 0 fully saturated rings. The summed E-state index contributed by atoms with van der Waals surface area (Å²) in [6.07, 6.45) is 0. The van der Waals surface area contributed by atoms with Crippen molar-refractivity contribution in [3.63, 3.8) is 0 Å². The van der Waals surface area contributed by atoms with Crippen LogP contribution in [0.4, 0.5) is 0 Å². The highest BCUT2D eigenvalue weighted by atomic mass is 32.2. The molecule has 0 amide bonds. The van der Waals surface area contributed by atoms with Gasteiger partial charge in [0.25, 0.3) is 0 Å². The maximum absolute atomic E-state index is 10.9. The van der Waals surface area contributed by atoms with Gasteiger partial charge in [0.05, 0.1) is 5.75 Å². The molecule has 1 aliphatic rings. The summed E-state index contributed by atoms with van der Waals surface area (Å²) in [7, 11) is 0. The van der Waals surface area contributed by atoms with Crippen LogP contribution in [0.5, 0.6) is 0 Å². The van der Waals surface area contributed by atoms with E-state index >= 15 is 0 Å². The highest BCUT2D eigenvalue weighted by Gasteiger charge is 2.34. The summed E-state index contributed by atoms with van der Waals surface area (Å²) in [5.41, 5.74) is 6.38. The van der Waals surface area contributed by atoms with E-state index in [1.54, 1.807) is 6.92 Å². The monoisotopic (exact) mass is 306 g/mol. The van der Waals surface area contributed by atoms with Gasteiger partial charge in [0.1, 0.15) is 0 Å². The van der Waals surface area contributed by atoms with Crippen LogP contribution in [0.1, 0.15) is 37.5 Å². The van der Waals surface area contributed by atoms with Crippen molar-refractivity contribution in [2.24, 2.45) is 0 Å². The van der Waals surface area contributed by atoms with E-state index in [9.17, 15) is 4.79 Å². The van der Waals surface area contributed by atoms with Crippen LogP contribution >= 0.6 is 11.8 Å². The van der Waals surface area contributed by atoms with Crippen molar-refractivity contribution < 1.29 is 4.79 Å². The minimum atomic E-state index is 0.0117. The van der Waals surface area contributed by atoms with Crippen LogP contribution in [-0.4, -0.2) is 10.9 Å². The molecule has 0 saturated carbocycles. The Balaban J connectivity index is 1.96. The van der Waals surface area contributed by atoms with Crippen molar-refractivity contribution in [3.8, 4) is 23.0 Å². The summed E-state index contributed by atoms with van der Waals surface area (Å²) in [4.78, 5) is 10.9. The summed E-state index contributed by atoms with van der Waals surface area (Å²) < 4.78 is 0. The number of hydrogen-bond donors (Lipinski definition) is 0. The number of carbonyl (C=O) groups is 1. The largest absolute Gasteiger partial charge is 0.288 e. The zero-order valence-corrected chi connectivity index (χ0v) is 13.9. The smallest absolute Gasteiger partial charge is 0.186 e. The SMILES string of the molecule is CC(=O)SCC#Cc1ccc2c(c1)C(C)(C)c1ccccc1-2. The molecule has 0 aliphatic heterocycles. The lowest BCUT2D eigenvalue weighted by Gasteiger charge is -2.21. The Labute approximate surface area is 136 Å². The molecule has 3 rings (SSSR count). The molecule has 0 aromatic heterocycles. The Kier molecular flexibility index (Phi) is 3.85. The number of thioether (sulfide) groups is 1. The highest BCUT2D eigenvalue weighted by molar-refractivity contribution is 8.13. The fraction of sp³-hybridized carbons (Fsp3) is 0.250. The van der Waals surface area contributed by atoms with Crippen LogP contribution in [0.25, 0.3) is 11.1 Å². The molecule has 0 heterocycles. The molecular formula is C20H18OS. The summed E-state index contributed by atoms with van der Waals surface area (Å²) in [5, 5.41) is 0.111. The quantitative estimate of drug-likeness (QED) is 0.715.